The molecular formula is C27H33N7OS. The van der Waals surface area contributed by atoms with E-state index in [9.17, 15) is 15.3 Å². The molecule has 0 radical (unpaired) electrons. The first kappa shape index (κ1) is 26.0. The fraction of sp³-hybridized carbons (Fsp3) is 0.481. The van der Waals surface area contributed by atoms with Crippen molar-refractivity contribution in [1.82, 2.24) is 20.5 Å². The Labute approximate surface area is 217 Å². The molecule has 1 aromatic heterocycles. The van der Waals surface area contributed by atoms with Crippen molar-refractivity contribution in [2.75, 3.05) is 44.7 Å². The first-order valence-corrected chi connectivity index (χ1v) is 13.5. The zero-order valence-corrected chi connectivity index (χ0v) is 21.8. The summed E-state index contributed by atoms with van der Waals surface area (Å²) in [4.78, 5) is 21.1. The van der Waals surface area contributed by atoms with Crippen molar-refractivity contribution >= 4 is 23.5 Å². The smallest absolute Gasteiger partial charge is 0.237 e. The number of nitrogens with one attached hydrogen (secondary N) is 2. The van der Waals surface area contributed by atoms with Gasteiger partial charge in [-0.15, -0.1) is 11.8 Å². The van der Waals surface area contributed by atoms with Crippen molar-refractivity contribution in [1.29, 1.82) is 10.5 Å². The molecule has 1 unspecified atom stereocenters. The van der Waals surface area contributed by atoms with E-state index in [0.717, 1.165) is 62.3 Å². The predicted molar refractivity (Wildman–Crippen MR) is 142 cm³/mol. The molecule has 2 N–H and O–H groups in total. The number of amides is 1. The number of aromatic nitrogens is 1. The van der Waals surface area contributed by atoms with E-state index in [1.807, 2.05) is 6.92 Å². The maximum atomic E-state index is 11.7. The molecule has 9 heteroatoms. The van der Waals surface area contributed by atoms with Crippen molar-refractivity contribution in [2.24, 2.45) is 0 Å². The Hall–Kier alpha value is -3.11. The number of hydrogen-bond donors (Lipinski definition) is 2. The highest BCUT2D eigenvalue weighted by molar-refractivity contribution is 7.98. The number of rotatable bonds is 8. The molecule has 0 spiro atoms. The molecule has 4 rings (SSSR count). The van der Waals surface area contributed by atoms with Gasteiger partial charge >= 0.3 is 0 Å². The molecule has 1 aromatic carbocycles. The van der Waals surface area contributed by atoms with Gasteiger partial charge < -0.3 is 20.4 Å². The number of likely N-dealkylation sites (N-methyl/N-ethyl adjacent to an activating group) is 1. The number of carbonyl (C=O) groups is 1. The summed E-state index contributed by atoms with van der Waals surface area (Å²) in [5.74, 6) is 1.46. The lowest BCUT2D eigenvalue weighted by molar-refractivity contribution is -0.120. The maximum Gasteiger partial charge on any atom is 0.237 e. The Kier molecular flexibility index (Phi) is 8.82. The average Bonchev–Trinajstić information content (AvgIpc) is 3.19. The van der Waals surface area contributed by atoms with Crippen LogP contribution in [0.5, 0.6) is 0 Å². The van der Waals surface area contributed by atoms with Crippen LogP contribution in [0, 0.1) is 22.7 Å². The largest absolute Gasteiger partial charge is 0.355 e. The summed E-state index contributed by atoms with van der Waals surface area (Å²) in [7, 11) is 2.12. The van der Waals surface area contributed by atoms with E-state index >= 15 is 0 Å². The second-order valence-electron chi connectivity index (χ2n) is 9.31. The summed E-state index contributed by atoms with van der Waals surface area (Å²) < 4.78 is 0. The number of benzene rings is 1. The third-order valence-corrected chi connectivity index (χ3v) is 7.89. The lowest BCUT2D eigenvalue weighted by Crippen LogP contribution is -2.35. The highest BCUT2D eigenvalue weighted by Gasteiger charge is 2.25. The van der Waals surface area contributed by atoms with Crippen molar-refractivity contribution in [2.45, 2.75) is 49.6 Å². The molecular weight excluding hydrogens is 470 g/mol. The zero-order valence-electron chi connectivity index (χ0n) is 21.0. The first-order valence-electron chi connectivity index (χ1n) is 12.6. The lowest BCUT2D eigenvalue weighted by atomic mass is 10.0. The summed E-state index contributed by atoms with van der Waals surface area (Å²) in [6, 6.07) is 12.9. The highest BCUT2D eigenvalue weighted by atomic mass is 32.2. The Morgan fingerprint density at radius 1 is 1.11 bits per heavy atom. The molecule has 8 nitrogen and oxygen atoms in total. The number of nitriles is 2. The van der Waals surface area contributed by atoms with E-state index < -0.39 is 0 Å². The normalized spacial score (nSPS) is 18.4. The molecule has 2 aliphatic rings. The van der Waals surface area contributed by atoms with Crippen LogP contribution in [-0.2, 0) is 23.5 Å². The lowest BCUT2D eigenvalue weighted by Gasteiger charge is -2.25. The fourth-order valence-corrected chi connectivity index (χ4v) is 5.67. The topological polar surface area (TPSA) is 108 Å². The van der Waals surface area contributed by atoms with Gasteiger partial charge in [-0.3, -0.25) is 4.79 Å². The maximum absolute atomic E-state index is 11.7. The van der Waals surface area contributed by atoms with Crippen LogP contribution in [0.2, 0.25) is 0 Å². The van der Waals surface area contributed by atoms with Crippen molar-refractivity contribution in [3.05, 3.63) is 52.1 Å². The number of anilines is 1. The molecule has 2 fully saturated rings. The second-order valence-corrected chi connectivity index (χ2v) is 10.3. The van der Waals surface area contributed by atoms with Crippen molar-refractivity contribution in [3.8, 4) is 12.1 Å². The zero-order chi connectivity index (χ0) is 25.5. The third kappa shape index (κ3) is 5.99. The molecule has 2 aromatic rings. The molecule has 0 saturated carbocycles. The van der Waals surface area contributed by atoms with Crippen LogP contribution in [0.3, 0.4) is 0 Å². The van der Waals surface area contributed by atoms with E-state index in [1.54, 1.807) is 11.8 Å². The summed E-state index contributed by atoms with van der Waals surface area (Å²) in [5, 5.41) is 26.8. The van der Waals surface area contributed by atoms with Crippen LogP contribution in [0.1, 0.15) is 47.6 Å². The summed E-state index contributed by atoms with van der Waals surface area (Å²) in [6.45, 7) is 6.98. The average molecular weight is 504 g/mol. The van der Waals surface area contributed by atoms with Gasteiger partial charge in [0.25, 0.3) is 0 Å². The molecule has 2 saturated heterocycles. The molecule has 1 atom stereocenters. The summed E-state index contributed by atoms with van der Waals surface area (Å²) >= 11 is 1.55. The van der Waals surface area contributed by atoms with Gasteiger partial charge in [0.05, 0.1) is 17.2 Å². The minimum Gasteiger partial charge on any atom is -0.355 e. The Morgan fingerprint density at radius 3 is 2.53 bits per heavy atom. The van der Waals surface area contributed by atoms with E-state index in [0.29, 0.717) is 40.7 Å². The number of nitrogens with zero attached hydrogens (tertiary/aromatic N) is 5. The molecule has 188 valence electrons. The van der Waals surface area contributed by atoms with Gasteiger partial charge in [0, 0.05) is 38.5 Å². The summed E-state index contributed by atoms with van der Waals surface area (Å²) in [6.07, 6.45) is 2.45. The van der Waals surface area contributed by atoms with Gasteiger partial charge in [-0.25, -0.2) is 4.98 Å². The number of hydrogen-bond acceptors (Lipinski definition) is 8. The number of carbonyl (C=O) groups excluding carboxylic acids is 1. The van der Waals surface area contributed by atoms with Gasteiger partial charge in [-0.1, -0.05) is 31.2 Å². The molecule has 0 aliphatic carbocycles. The third-order valence-electron chi connectivity index (χ3n) is 6.84. The monoisotopic (exact) mass is 503 g/mol. The Balaban J connectivity index is 1.50. The quantitative estimate of drug-likeness (QED) is 0.530. The standard InChI is InChI=1S/C27H33N7OS/c1-3-21-22(15-28)25(34-12-4-11-33(2)13-14-34)32-27(23(21)16-29)36-18-20-7-5-19(6-8-20)17-31-24-9-10-30-26(24)35/h5-8,24,31H,3-4,9-14,17-18H2,1-2H3,(H,30,35). The minimum atomic E-state index is -0.112. The van der Waals surface area contributed by atoms with Crippen molar-refractivity contribution in [3.63, 3.8) is 0 Å². The number of pyridine rings is 1. The van der Waals surface area contributed by atoms with Crippen LogP contribution in [0.15, 0.2) is 29.3 Å². The fourth-order valence-electron chi connectivity index (χ4n) is 4.71. The molecule has 3 heterocycles. The van der Waals surface area contributed by atoms with E-state index in [-0.39, 0.29) is 11.9 Å². The summed E-state index contributed by atoms with van der Waals surface area (Å²) in [5.41, 5.74) is 4.11. The SMILES string of the molecule is CCc1c(C#N)c(SCc2ccc(CNC3CCNC3=O)cc2)nc(N2CCCN(C)CC2)c1C#N. The van der Waals surface area contributed by atoms with Gasteiger partial charge in [-0.2, -0.15) is 10.5 Å². The van der Waals surface area contributed by atoms with Gasteiger partial charge in [0.15, 0.2) is 0 Å². The van der Waals surface area contributed by atoms with Crippen LogP contribution >= 0.6 is 11.8 Å². The van der Waals surface area contributed by atoms with Gasteiger partial charge in [0.2, 0.25) is 5.91 Å². The highest BCUT2D eigenvalue weighted by Crippen LogP contribution is 2.33. The van der Waals surface area contributed by atoms with Gasteiger partial charge in [-0.05, 0) is 49.5 Å². The van der Waals surface area contributed by atoms with E-state index in [1.165, 1.54) is 0 Å². The van der Waals surface area contributed by atoms with Crippen LogP contribution < -0.4 is 15.5 Å². The van der Waals surface area contributed by atoms with Crippen LogP contribution in [0.4, 0.5) is 5.82 Å². The molecule has 2 aliphatic heterocycles. The second kappa shape index (κ2) is 12.2. The molecule has 0 bridgehead atoms. The van der Waals surface area contributed by atoms with E-state index in [2.05, 4.69) is 63.9 Å². The predicted octanol–water partition coefficient (Wildman–Crippen LogP) is 2.80. The van der Waals surface area contributed by atoms with Crippen molar-refractivity contribution < 1.29 is 4.79 Å². The Morgan fingerprint density at radius 2 is 1.86 bits per heavy atom. The van der Waals surface area contributed by atoms with E-state index in [4.69, 9.17) is 4.98 Å². The Bertz CT molecular complexity index is 1170. The van der Waals surface area contributed by atoms with Crippen LogP contribution in [0.25, 0.3) is 0 Å². The molecule has 36 heavy (non-hydrogen) atoms. The first-order chi connectivity index (χ1) is 17.5. The molecule has 1 amide bonds. The van der Waals surface area contributed by atoms with Gasteiger partial charge in [0.1, 0.15) is 23.0 Å². The minimum absolute atomic E-state index is 0.0734. The van der Waals surface area contributed by atoms with Crippen LogP contribution in [-0.4, -0.2) is 61.6 Å². The number of thioether (sulfide) groups is 1.